The van der Waals surface area contributed by atoms with Crippen molar-refractivity contribution in [3.8, 4) is 5.75 Å². The van der Waals surface area contributed by atoms with Crippen LogP contribution < -0.4 is 10.1 Å². The average molecular weight is 527 g/mol. The highest BCUT2D eigenvalue weighted by Gasteiger charge is 2.19. The van der Waals surface area contributed by atoms with Crippen LogP contribution in [0.5, 0.6) is 5.75 Å². The number of hydrogen-bond acceptors (Lipinski definition) is 9. The SMILES string of the molecule is CC(=N)/C=C(\O)[C@@H](C)Oc1cc(F)ccc1Nc1ncnc2cc(N=S3(=O)CCN(C)CC3)cc(C)c12. The fraction of sp³-hybridized carbons (Fsp3) is 0.346. The third-order valence-electron chi connectivity index (χ3n) is 6.06. The average Bonchev–Trinajstić information content (AvgIpc) is 2.82. The summed E-state index contributed by atoms with van der Waals surface area (Å²) < 4.78 is 37.7. The quantitative estimate of drug-likeness (QED) is 0.288. The molecule has 37 heavy (non-hydrogen) atoms. The highest BCUT2D eigenvalue weighted by Crippen LogP contribution is 2.34. The minimum Gasteiger partial charge on any atom is -0.508 e. The van der Waals surface area contributed by atoms with Crippen molar-refractivity contribution in [1.82, 2.24) is 14.9 Å². The van der Waals surface area contributed by atoms with Gasteiger partial charge < -0.3 is 25.5 Å². The second-order valence-electron chi connectivity index (χ2n) is 9.23. The molecule has 0 unspecified atom stereocenters. The number of ether oxygens (including phenoxy) is 1. The molecule has 0 radical (unpaired) electrons. The summed E-state index contributed by atoms with van der Waals surface area (Å²) in [7, 11) is -0.309. The van der Waals surface area contributed by atoms with Crippen molar-refractivity contribution in [3.05, 3.63) is 59.9 Å². The van der Waals surface area contributed by atoms with Crippen LogP contribution in [0.1, 0.15) is 19.4 Å². The Kier molecular flexibility index (Phi) is 7.74. The molecule has 196 valence electrons. The zero-order valence-electron chi connectivity index (χ0n) is 21.3. The van der Waals surface area contributed by atoms with E-state index in [0.29, 0.717) is 34.2 Å². The minimum absolute atomic E-state index is 0.148. The summed E-state index contributed by atoms with van der Waals surface area (Å²) in [6.07, 6.45) is 1.88. The van der Waals surface area contributed by atoms with Crippen molar-refractivity contribution in [1.29, 1.82) is 5.41 Å². The lowest BCUT2D eigenvalue weighted by molar-refractivity contribution is 0.192. The molecule has 4 rings (SSSR count). The Morgan fingerprint density at radius 3 is 2.73 bits per heavy atom. The largest absolute Gasteiger partial charge is 0.508 e. The Labute approximate surface area is 216 Å². The monoisotopic (exact) mass is 526 g/mol. The van der Waals surface area contributed by atoms with Gasteiger partial charge in [0.15, 0.2) is 6.10 Å². The number of nitrogens with one attached hydrogen (secondary N) is 2. The first-order valence-electron chi connectivity index (χ1n) is 11.9. The topological polar surface area (TPSA) is 124 Å². The summed E-state index contributed by atoms with van der Waals surface area (Å²) in [5.41, 5.74) is 2.70. The molecule has 2 heterocycles. The minimum atomic E-state index is -2.32. The summed E-state index contributed by atoms with van der Waals surface area (Å²) in [6.45, 7) is 6.55. The second kappa shape index (κ2) is 10.8. The van der Waals surface area contributed by atoms with Crippen LogP contribution in [0.3, 0.4) is 0 Å². The van der Waals surface area contributed by atoms with E-state index in [1.807, 2.05) is 20.0 Å². The highest BCUT2D eigenvalue weighted by molar-refractivity contribution is 7.93. The van der Waals surface area contributed by atoms with Gasteiger partial charge in [-0.2, -0.15) is 4.36 Å². The number of aliphatic hydroxyl groups is 1. The molecule has 1 saturated heterocycles. The van der Waals surface area contributed by atoms with E-state index in [2.05, 4.69) is 24.5 Å². The number of aliphatic hydroxyl groups excluding tert-OH is 1. The standard InChI is InChI=1S/C26H31FN6O3S/c1-16-11-20(32-37(35)9-7-33(4)8-10-37)14-22-25(16)26(30-15-29-22)31-21-6-5-19(27)13-24(21)36-18(3)23(34)12-17(2)28/h5-6,11-15,18,28,34H,7-10H2,1-4H3,(H,29,30,31)/b23-12-,28-17?/t18-/m1/s1. The fourth-order valence-electron chi connectivity index (χ4n) is 4.03. The van der Waals surface area contributed by atoms with Crippen molar-refractivity contribution >= 4 is 43.5 Å². The lowest BCUT2D eigenvalue weighted by Crippen LogP contribution is -2.37. The van der Waals surface area contributed by atoms with E-state index in [1.54, 1.807) is 13.0 Å². The maximum Gasteiger partial charge on any atom is 0.153 e. The van der Waals surface area contributed by atoms with Gasteiger partial charge in [0, 0.05) is 41.8 Å². The third kappa shape index (κ3) is 6.41. The number of fused-ring (bicyclic) bond motifs is 1. The van der Waals surface area contributed by atoms with E-state index >= 15 is 0 Å². The van der Waals surface area contributed by atoms with E-state index in [1.165, 1.54) is 37.5 Å². The fourth-order valence-corrected chi connectivity index (χ4v) is 6.10. The van der Waals surface area contributed by atoms with Crippen LogP contribution in [0.4, 0.5) is 21.6 Å². The van der Waals surface area contributed by atoms with Crippen LogP contribution in [-0.4, -0.2) is 67.6 Å². The maximum absolute atomic E-state index is 14.1. The van der Waals surface area contributed by atoms with Gasteiger partial charge in [0.25, 0.3) is 0 Å². The van der Waals surface area contributed by atoms with Gasteiger partial charge in [-0.05, 0) is 63.7 Å². The van der Waals surface area contributed by atoms with Crippen LogP contribution in [0.2, 0.25) is 0 Å². The van der Waals surface area contributed by atoms with Crippen LogP contribution in [0, 0.1) is 18.2 Å². The van der Waals surface area contributed by atoms with Gasteiger partial charge in [-0.25, -0.2) is 18.6 Å². The van der Waals surface area contributed by atoms with Gasteiger partial charge in [0.05, 0.1) is 26.6 Å². The second-order valence-corrected chi connectivity index (χ2v) is 11.8. The molecule has 3 aromatic rings. The molecule has 0 amide bonds. The van der Waals surface area contributed by atoms with Crippen molar-refractivity contribution in [2.75, 3.05) is 37.0 Å². The number of benzene rings is 2. The van der Waals surface area contributed by atoms with Gasteiger partial charge in [0.1, 0.15) is 29.5 Å². The van der Waals surface area contributed by atoms with E-state index in [-0.39, 0.29) is 17.2 Å². The van der Waals surface area contributed by atoms with Gasteiger partial charge in [-0.1, -0.05) is 0 Å². The van der Waals surface area contributed by atoms with E-state index in [9.17, 15) is 13.7 Å². The molecule has 1 aliphatic heterocycles. The lowest BCUT2D eigenvalue weighted by Gasteiger charge is -2.24. The third-order valence-corrected chi connectivity index (χ3v) is 8.24. The Balaban J connectivity index is 1.68. The molecule has 1 aliphatic rings. The molecule has 0 saturated carbocycles. The molecule has 0 aliphatic carbocycles. The van der Waals surface area contributed by atoms with Crippen molar-refractivity contribution < 1.29 is 18.4 Å². The molecule has 2 aromatic carbocycles. The number of allylic oxidation sites excluding steroid dienone is 1. The molecular weight excluding hydrogens is 495 g/mol. The molecule has 9 nitrogen and oxygen atoms in total. The highest BCUT2D eigenvalue weighted by atomic mass is 32.2. The zero-order chi connectivity index (χ0) is 26.7. The number of aromatic nitrogens is 2. The summed E-state index contributed by atoms with van der Waals surface area (Å²) in [6, 6.07) is 7.70. The van der Waals surface area contributed by atoms with Crippen LogP contribution >= 0.6 is 0 Å². The maximum atomic E-state index is 14.1. The normalized spacial score (nSPS) is 16.8. The molecule has 3 N–H and O–H groups in total. The van der Waals surface area contributed by atoms with E-state index < -0.39 is 21.7 Å². The van der Waals surface area contributed by atoms with Crippen LogP contribution in [0.15, 0.2) is 52.9 Å². The molecule has 0 spiro atoms. The number of aryl methyl sites for hydroxylation is 1. The van der Waals surface area contributed by atoms with Crippen LogP contribution in [-0.2, 0) is 9.73 Å². The number of hydrogen-bond donors (Lipinski definition) is 3. The van der Waals surface area contributed by atoms with Gasteiger partial charge >= 0.3 is 0 Å². The smallest absolute Gasteiger partial charge is 0.153 e. The molecular formula is C26H31FN6O3S. The number of nitrogens with zero attached hydrogens (tertiary/aromatic N) is 4. The summed E-state index contributed by atoms with van der Waals surface area (Å²) in [5.74, 6) is 1.07. The van der Waals surface area contributed by atoms with E-state index in [0.717, 1.165) is 24.0 Å². The Hall–Kier alpha value is -3.57. The molecule has 11 heteroatoms. The van der Waals surface area contributed by atoms with E-state index in [4.69, 9.17) is 10.1 Å². The number of halogens is 1. The summed E-state index contributed by atoms with van der Waals surface area (Å²) >= 11 is 0. The molecule has 1 aromatic heterocycles. The first-order valence-corrected chi connectivity index (χ1v) is 13.7. The number of rotatable bonds is 7. The number of anilines is 2. The summed E-state index contributed by atoms with van der Waals surface area (Å²) in [5, 5.41) is 21.6. The molecule has 0 bridgehead atoms. The Morgan fingerprint density at radius 1 is 1.30 bits per heavy atom. The van der Waals surface area contributed by atoms with Crippen LogP contribution in [0.25, 0.3) is 10.9 Å². The predicted molar refractivity (Wildman–Crippen MR) is 146 cm³/mol. The Bertz CT molecular complexity index is 1490. The van der Waals surface area contributed by atoms with Gasteiger partial charge in [-0.15, -0.1) is 0 Å². The zero-order valence-corrected chi connectivity index (χ0v) is 22.1. The van der Waals surface area contributed by atoms with Crippen molar-refractivity contribution in [2.45, 2.75) is 26.9 Å². The molecule has 1 fully saturated rings. The first-order chi connectivity index (χ1) is 17.5. The lowest BCUT2D eigenvalue weighted by atomic mass is 10.1. The molecule has 1 atom stereocenters. The summed E-state index contributed by atoms with van der Waals surface area (Å²) in [4.78, 5) is 10.9. The van der Waals surface area contributed by atoms with Crippen molar-refractivity contribution in [3.63, 3.8) is 0 Å². The van der Waals surface area contributed by atoms with Gasteiger partial charge in [0.2, 0.25) is 0 Å². The first kappa shape index (κ1) is 26.5. The van der Waals surface area contributed by atoms with Crippen molar-refractivity contribution in [2.24, 2.45) is 4.36 Å². The predicted octanol–water partition coefficient (Wildman–Crippen LogP) is 5.11. The Morgan fingerprint density at radius 2 is 2.03 bits per heavy atom. The van der Waals surface area contributed by atoms with Gasteiger partial charge in [-0.3, -0.25) is 0 Å².